The third-order valence-electron chi connectivity index (χ3n) is 5.31. The number of hydrogen-bond acceptors (Lipinski definition) is 3. The normalized spacial score (nSPS) is 16.9. The average molecular weight is 358 g/mol. The SMILES string of the molecule is CN1CCCc2cc(CNC(=O)NCCC(=O)NC3CCCC3)ccc21. The number of anilines is 1. The zero-order chi connectivity index (χ0) is 18.4. The molecule has 1 aliphatic heterocycles. The van der Waals surface area contributed by atoms with E-state index in [4.69, 9.17) is 0 Å². The number of aryl methyl sites for hydroxylation is 1. The maximum Gasteiger partial charge on any atom is 0.315 e. The Balaban J connectivity index is 1.35. The molecule has 0 unspecified atom stereocenters. The van der Waals surface area contributed by atoms with Crippen molar-refractivity contribution in [3.63, 3.8) is 0 Å². The maximum atomic E-state index is 11.9. The van der Waals surface area contributed by atoms with Gasteiger partial charge in [0, 0.05) is 44.8 Å². The Hall–Kier alpha value is -2.24. The monoisotopic (exact) mass is 358 g/mol. The number of rotatable bonds is 6. The molecule has 0 bridgehead atoms. The van der Waals surface area contributed by atoms with Crippen LogP contribution in [0.25, 0.3) is 0 Å². The molecule has 1 aromatic carbocycles. The van der Waals surface area contributed by atoms with Gasteiger partial charge in [-0.1, -0.05) is 25.0 Å². The molecule has 6 heteroatoms. The molecule has 0 aromatic heterocycles. The molecule has 1 aliphatic carbocycles. The van der Waals surface area contributed by atoms with E-state index >= 15 is 0 Å². The lowest BCUT2D eigenvalue weighted by Gasteiger charge is -2.27. The molecule has 0 atom stereocenters. The van der Waals surface area contributed by atoms with Crippen LogP contribution in [-0.2, 0) is 17.8 Å². The lowest BCUT2D eigenvalue weighted by atomic mass is 9.99. The number of nitrogens with one attached hydrogen (secondary N) is 3. The number of amides is 3. The third kappa shape index (κ3) is 5.13. The fourth-order valence-electron chi connectivity index (χ4n) is 3.85. The number of hydrogen-bond donors (Lipinski definition) is 3. The quantitative estimate of drug-likeness (QED) is 0.731. The summed E-state index contributed by atoms with van der Waals surface area (Å²) in [6, 6.07) is 6.49. The van der Waals surface area contributed by atoms with Crippen molar-refractivity contribution in [1.82, 2.24) is 16.0 Å². The molecule has 3 N–H and O–H groups in total. The summed E-state index contributed by atoms with van der Waals surface area (Å²) in [7, 11) is 2.12. The Morgan fingerprint density at radius 2 is 1.96 bits per heavy atom. The van der Waals surface area contributed by atoms with E-state index < -0.39 is 0 Å². The first-order chi connectivity index (χ1) is 12.6. The predicted molar refractivity (Wildman–Crippen MR) is 103 cm³/mol. The van der Waals surface area contributed by atoms with Crippen LogP contribution < -0.4 is 20.9 Å². The van der Waals surface area contributed by atoms with Crippen LogP contribution >= 0.6 is 0 Å². The lowest BCUT2D eigenvalue weighted by molar-refractivity contribution is -0.121. The molecule has 0 spiro atoms. The summed E-state index contributed by atoms with van der Waals surface area (Å²) in [5, 5.41) is 8.66. The Morgan fingerprint density at radius 1 is 1.15 bits per heavy atom. The predicted octanol–water partition coefficient (Wildman–Crippen LogP) is 2.32. The van der Waals surface area contributed by atoms with Gasteiger partial charge in [-0.25, -0.2) is 4.79 Å². The molecular weight excluding hydrogens is 328 g/mol. The van der Waals surface area contributed by atoms with Gasteiger partial charge in [0.1, 0.15) is 0 Å². The van der Waals surface area contributed by atoms with Gasteiger partial charge >= 0.3 is 6.03 Å². The van der Waals surface area contributed by atoms with Crippen LogP contribution in [0.5, 0.6) is 0 Å². The van der Waals surface area contributed by atoms with Crippen molar-refractivity contribution >= 4 is 17.6 Å². The van der Waals surface area contributed by atoms with Crippen LogP contribution in [-0.4, -0.2) is 38.1 Å². The minimum Gasteiger partial charge on any atom is -0.374 e. The first kappa shape index (κ1) is 18.5. The zero-order valence-electron chi connectivity index (χ0n) is 15.6. The molecule has 0 saturated heterocycles. The van der Waals surface area contributed by atoms with Crippen LogP contribution in [0.15, 0.2) is 18.2 Å². The van der Waals surface area contributed by atoms with Crippen LogP contribution in [0.3, 0.4) is 0 Å². The Bertz CT molecular complexity index is 641. The first-order valence-electron chi connectivity index (χ1n) is 9.76. The van der Waals surface area contributed by atoms with E-state index in [0.717, 1.165) is 31.4 Å². The fourth-order valence-corrected chi connectivity index (χ4v) is 3.85. The number of carbonyl (C=O) groups is 2. The van der Waals surface area contributed by atoms with E-state index in [1.807, 2.05) is 0 Å². The number of carbonyl (C=O) groups excluding carboxylic acids is 2. The van der Waals surface area contributed by atoms with Crippen molar-refractivity contribution in [1.29, 1.82) is 0 Å². The molecule has 2 aliphatic rings. The van der Waals surface area contributed by atoms with Gasteiger partial charge in [0.05, 0.1) is 0 Å². The summed E-state index contributed by atoms with van der Waals surface area (Å²) in [5.74, 6) is 0.0241. The number of benzene rings is 1. The average Bonchev–Trinajstić information content (AvgIpc) is 3.13. The molecule has 3 amide bonds. The highest BCUT2D eigenvalue weighted by Gasteiger charge is 2.17. The van der Waals surface area contributed by atoms with E-state index in [1.54, 1.807) is 0 Å². The fraction of sp³-hybridized carbons (Fsp3) is 0.600. The van der Waals surface area contributed by atoms with Gasteiger partial charge in [-0.2, -0.15) is 0 Å². The summed E-state index contributed by atoms with van der Waals surface area (Å²) in [6.45, 7) is 1.96. The van der Waals surface area contributed by atoms with E-state index in [1.165, 1.54) is 30.5 Å². The van der Waals surface area contributed by atoms with Crippen molar-refractivity contribution < 1.29 is 9.59 Å². The van der Waals surface area contributed by atoms with E-state index in [-0.39, 0.29) is 11.9 Å². The van der Waals surface area contributed by atoms with Gasteiger partial charge in [-0.15, -0.1) is 0 Å². The third-order valence-corrected chi connectivity index (χ3v) is 5.31. The van der Waals surface area contributed by atoms with Gasteiger partial charge in [0.25, 0.3) is 0 Å². The van der Waals surface area contributed by atoms with E-state index in [9.17, 15) is 9.59 Å². The van der Waals surface area contributed by atoms with Crippen molar-refractivity contribution in [2.45, 2.75) is 57.5 Å². The van der Waals surface area contributed by atoms with Gasteiger partial charge in [0.2, 0.25) is 5.91 Å². The van der Waals surface area contributed by atoms with Gasteiger partial charge in [0.15, 0.2) is 0 Å². The van der Waals surface area contributed by atoms with E-state index in [0.29, 0.717) is 25.6 Å². The highest BCUT2D eigenvalue weighted by atomic mass is 16.2. The van der Waals surface area contributed by atoms with Crippen molar-refractivity contribution in [2.24, 2.45) is 0 Å². The van der Waals surface area contributed by atoms with E-state index in [2.05, 4.69) is 46.1 Å². The molecule has 1 saturated carbocycles. The molecular formula is C20H30N4O2. The first-order valence-corrected chi connectivity index (χ1v) is 9.76. The molecule has 142 valence electrons. The Labute approximate surface area is 155 Å². The van der Waals surface area contributed by atoms with Crippen LogP contribution in [0.1, 0.15) is 49.7 Å². The van der Waals surface area contributed by atoms with Gasteiger partial charge < -0.3 is 20.9 Å². The summed E-state index contributed by atoms with van der Waals surface area (Å²) >= 11 is 0. The Morgan fingerprint density at radius 3 is 2.77 bits per heavy atom. The van der Waals surface area contributed by atoms with Crippen molar-refractivity contribution in [2.75, 3.05) is 25.0 Å². The second-order valence-electron chi connectivity index (χ2n) is 7.40. The highest BCUT2D eigenvalue weighted by molar-refractivity contribution is 5.78. The molecule has 1 aromatic rings. The largest absolute Gasteiger partial charge is 0.374 e. The smallest absolute Gasteiger partial charge is 0.315 e. The van der Waals surface area contributed by atoms with Gasteiger partial charge in [-0.3, -0.25) is 4.79 Å². The lowest BCUT2D eigenvalue weighted by Crippen LogP contribution is -2.39. The van der Waals surface area contributed by atoms with Crippen LogP contribution in [0.2, 0.25) is 0 Å². The van der Waals surface area contributed by atoms with Gasteiger partial charge in [-0.05, 0) is 42.9 Å². The molecule has 6 nitrogen and oxygen atoms in total. The molecule has 3 rings (SSSR count). The van der Waals surface area contributed by atoms with Crippen molar-refractivity contribution in [3.8, 4) is 0 Å². The summed E-state index contributed by atoms with van der Waals surface area (Å²) < 4.78 is 0. The number of nitrogens with zero attached hydrogens (tertiary/aromatic N) is 1. The zero-order valence-corrected chi connectivity index (χ0v) is 15.6. The highest BCUT2D eigenvalue weighted by Crippen LogP contribution is 2.26. The standard InChI is InChI=1S/C20H30N4O2/c1-24-12-4-5-16-13-15(8-9-18(16)24)14-22-20(26)21-11-10-19(25)23-17-6-2-3-7-17/h8-9,13,17H,2-7,10-12,14H2,1H3,(H,23,25)(H2,21,22,26). The van der Waals surface area contributed by atoms with Crippen molar-refractivity contribution in [3.05, 3.63) is 29.3 Å². The summed E-state index contributed by atoms with van der Waals surface area (Å²) in [4.78, 5) is 26.0. The number of fused-ring (bicyclic) bond motifs is 1. The summed E-state index contributed by atoms with van der Waals surface area (Å²) in [6.07, 6.45) is 7.15. The molecule has 26 heavy (non-hydrogen) atoms. The maximum absolute atomic E-state index is 11.9. The molecule has 1 fully saturated rings. The minimum absolute atomic E-state index is 0.0241. The molecule has 1 heterocycles. The van der Waals surface area contributed by atoms with Crippen LogP contribution in [0.4, 0.5) is 10.5 Å². The second-order valence-corrected chi connectivity index (χ2v) is 7.40. The number of urea groups is 1. The Kier molecular flexibility index (Phi) is 6.36. The topological polar surface area (TPSA) is 73.5 Å². The minimum atomic E-state index is -0.228. The van der Waals surface area contributed by atoms with Crippen LogP contribution in [0, 0.1) is 0 Å². The summed E-state index contributed by atoms with van der Waals surface area (Å²) in [5.41, 5.74) is 3.74. The molecule has 0 radical (unpaired) electrons. The second kappa shape index (κ2) is 8.92.